The minimum atomic E-state index is -4.45. The maximum absolute atomic E-state index is 13.3. The molecule has 132 valence electrons. The van der Waals surface area contributed by atoms with Crippen LogP contribution in [0.15, 0.2) is 24.3 Å². The lowest BCUT2D eigenvalue weighted by Gasteiger charge is -2.28. The van der Waals surface area contributed by atoms with E-state index in [0.29, 0.717) is 0 Å². The molecule has 0 radical (unpaired) electrons. The minimum Gasteiger partial charge on any atom is -0.392 e. The number of alkyl halides is 3. The van der Waals surface area contributed by atoms with E-state index in [2.05, 4.69) is 0 Å². The summed E-state index contributed by atoms with van der Waals surface area (Å²) >= 11 is 0. The first kappa shape index (κ1) is 17.2. The summed E-state index contributed by atoms with van der Waals surface area (Å²) in [4.78, 5) is 15.7. The molecule has 2 fully saturated rings. The molecule has 1 aliphatic heterocycles. The van der Waals surface area contributed by atoms with Crippen molar-refractivity contribution in [2.75, 3.05) is 20.1 Å². The molecule has 1 aliphatic carbocycles. The smallest absolute Gasteiger partial charge is 0.392 e. The Balaban J connectivity index is 1.82. The van der Waals surface area contributed by atoms with Gasteiger partial charge in [-0.3, -0.25) is 9.69 Å². The molecule has 7 heteroatoms. The molecular formula is C17H21F3N2O2. The van der Waals surface area contributed by atoms with Gasteiger partial charge in [-0.1, -0.05) is 18.2 Å². The standard InChI is InChI=1S/C17H21F3N2O2/c1-21(11-6-7-11)16(24)10-22-9-12(23)8-15(22)13-4-2-3-5-14(13)17(18,19)20/h2-5,11-12,15,23H,6-10H2,1H3/t12-,15-/m1/s1. The molecule has 0 aromatic heterocycles. The van der Waals surface area contributed by atoms with Gasteiger partial charge in [-0.2, -0.15) is 13.2 Å². The predicted molar refractivity (Wildman–Crippen MR) is 82.2 cm³/mol. The van der Waals surface area contributed by atoms with Crippen molar-refractivity contribution in [3.8, 4) is 0 Å². The van der Waals surface area contributed by atoms with E-state index in [4.69, 9.17) is 0 Å². The Morgan fingerprint density at radius 1 is 1.33 bits per heavy atom. The Labute approximate surface area is 138 Å². The third kappa shape index (κ3) is 3.57. The molecule has 1 heterocycles. The highest BCUT2D eigenvalue weighted by molar-refractivity contribution is 5.78. The van der Waals surface area contributed by atoms with Crippen molar-refractivity contribution in [1.82, 2.24) is 9.80 Å². The van der Waals surface area contributed by atoms with Crippen molar-refractivity contribution in [2.24, 2.45) is 0 Å². The van der Waals surface area contributed by atoms with E-state index >= 15 is 0 Å². The Hall–Kier alpha value is -1.60. The molecule has 0 bridgehead atoms. The van der Waals surface area contributed by atoms with E-state index in [9.17, 15) is 23.1 Å². The lowest BCUT2D eigenvalue weighted by Crippen LogP contribution is -2.39. The fraction of sp³-hybridized carbons (Fsp3) is 0.588. The minimum absolute atomic E-state index is 0.0287. The summed E-state index contributed by atoms with van der Waals surface area (Å²) in [7, 11) is 1.73. The monoisotopic (exact) mass is 342 g/mol. The molecule has 2 atom stereocenters. The number of carbonyl (C=O) groups is 1. The summed E-state index contributed by atoms with van der Waals surface area (Å²) in [5.74, 6) is -0.110. The summed E-state index contributed by atoms with van der Waals surface area (Å²) < 4.78 is 39.8. The van der Waals surface area contributed by atoms with Crippen molar-refractivity contribution in [1.29, 1.82) is 0 Å². The van der Waals surface area contributed by atoms with Crippen LogP contribution in [0.4, 0.5) is 13.2 Å². The quantitative estimate of drug-likeness (QED) is 0.914. The van der Waals surface area contributed by atoms with Gasteiger partial charge in [-0.05, 0) is 30.9 Å². The lowest BCUT2D eigenvalue weighted by molar-refractivity contribution is -0.138. The van der Waals surface area contributed by atoms with Gasteiger partial charge in [0.1, 0.15) is 0 Å². The first-order chi connectivity index (χ1) is 11.3. The molecule has 1 amide bonds. The third-order valence-corrected chi connectivity index (χ3v) is 4.83. The van der Waals surface area contributed by atoms with Crippen LogP contribution in [-0.4, -0.2) is 53.1 Å². The van der Waals surface area contributed by atoms with Gasteiger partial charge in [0, 0.05) is 25.7 Å². The van der Waals surface area contributed by atoms with Crippen molar-refractivity contribution in [3.63, 3.8) is 0 Å². The lowest BCUT2D eigenvalue weighted by atomic mass is 9.97. The number of hydrogen-bond donors (Lipinski definition) is 1. The van der Waals surface area contributed by atoms with Crippen LogP contribution in [0.1, 0.15) is 36.4 Å². The number of aliphatic hydroxyl groups excluding tert-OH is 1. The van der Waals surface area contributed by atoms with E-state index in [1.54, 1.807) is 22.9 Å². The second-order valence-corrected chi connectivity index (χ2v) is 6.66. The van der Waals surface area contributed by atoms with Crippen LogP contribution in [0.5, 0.6) is 0 Å². The molecule has 3 rings (SSSR count). The number of β-amino-alcohol motifs (C(OH)–C–C–N with tert-alkyl or cyclic N) is 1. The highest BCUT2D eigenvalue weighted by Gasteiger charge is 2.41. The Kier molecular flexibility index (Phi) is 4.57. The normalized spacial score (nSPS) is 25.0. The van der Waals surface area contributed by atoms with Gasteiger partial charge in [0.25, 0.3) is 0 Å². The number of rotatable bonds is 4. The van der Waals surface area contributed by atoms with Crippen molar-refractivity contribution in [2.45, 2.75) is 43.6 Å². The number of likely N-dealkylation sites (N-methyl/N-ethyl adjacent to an activating group) is 1. The first-order valence-electron chi connectivity index (χ1n) is 8.11. The van der Waals surface area contributed by atoms with Crippen molar-refractivity contribution >= 4 is 5.91 Å². The zero-order valence-electron chi connectivity index (χ0n) is 13.5. The SMILES string of the molecule is CN(C(=O)CN1C[C@H](O)C[C@@H]1c1ccccc1C(F)(F)F)C1CC1. The molecule has 2 aliphatic rings. The number of benzene rings is 1. The van der Waals surface area contributed by atoms with Crippen LogP contribution < -0.4 is 0 Å². The summed E-state index contributed by atoms with van der Waals surface area (Å²) in [6, 6.07) is 5.06. The van der Waals surface area contributed by atoms with E-state index in [-0.39, 0.29) is 37.0 Å². The van der Waals surface area contributed by atoms with Crippen LogP contribution >= 0.6 is 0 Å². The molecule has 0 unspecified atom stereocenters. The van der Waals surface area contributed by atoms with Gasteiger partial charge in [0.15, 0.2) is 0 Å². The number of amides is 1. The molecule has 4 nitrogen and oxygen atoms in total. The van der Waals surface area contributed by atoms with Crippen LogP contribution in [0.2, 0.25) is 0 Å². The van der Waals surface area contributed by atoms with Crippen LogP contribution in [0.3, 0.4) is 0 Å². The van der Waals surface area contributed by atoms with Gasteiger partial charge in [0.05, 0.1) is 18.2 Å². The van der Waals surface area contributed by atoms with Gasteiger partial charge in [0.2, 0.25) is 5.91 Å². The zero-order valence-corrected chi connectivity index (χ0v) is 13.5. The Morgan fingerprint density at radius 2 is 2.00 bits per heavy atom. The zero-order chi connectivity index (χ0) is 17.5. The topological polar surface area (TPSA) is 43.8 Å². The average Bonchev–Trinajstić information content (AvgIpc) is 3.29. The van der Waals surface area contributed by atoms with E-state index < -0.39 is 23.9 Å². The number of halogens is 3. The molecule has 1 aromatic carbocycles. The average molecular weight is 342 g/mol. The molecule has 1 aromatic rings. The van der Waals surface area contributed by atoms with E-state index in [1.165, 1.54) is 12.1 Å². The van der Waals surface area contributed by atoms with Crippen molar-refractivity contribution in [3.05, 3.63) is 35.4 Å². The molecular weight excluding hydrogens is 321 g/mol. The molecule has 24 heavy (non-hydrogen) atoms. The van der Waals surface area contributed by atoms with Gasteiger partial charge >= 0.3 is 6.18 Å². The van der Waals surface area contributed by atoms with Gasteiger partial charge < -0.3 is 10.0 Å². The largest absolute Gasteiger partial charge is 0.416 e. The summed E-state index contributed by atoms with van der Waals surface area (Å²) in [6.07, 6.45) is -3.02. The highest BCUT2D eigenvalue weighted by atomic mass is 19.4. The molecule has 1 saturated heterocycles. The third-order valence-electron chi connectivity index (χ3n) is 4.83. The number of carbonyl (C=O) groups excluding carboxylic acids is 1. The number of nitrogens with zero attached hydrogens (tertiary/aromatic N) is 2. The Bertz CT molecular complexity index is 616. The first-order valence-corrected chi connectivity index (χ1v) is 8.11. The highest BCUT2D eigenvalue weighted by Crippen LogP contribution is 2.40. The number of likely N-dealkylation sites (tertiary alicyclic amines) is 1. The fourth-order valence-electron chi connectivity index (χ4n) is 3.37. The maximum Gasteiger partial charge on any atom is 0.416 e. The van der Waals surface area contributed by atoms with Gasteiger partial charge in [-0.15, -0.1) is 0 Å². The number of aliphatic hydroxyl groups is 1. The van der Waals surface area contributed by atoms with Crippen molar-refractivity contribution < 1.29 is 23.1 Å². The maximum atomic E-state index is 13.3. The van der Waals surface area contributed by atoms with Gasteiger partial charge in [-0.25, -0.2) is 0 Å². The summed E-state index contributed by atoms with van der Waals surface area (Å²) in [6.45, 7) is 0.238. The van der Waals surface area contributed by atoms with E-state index in [1.807, 2.05) is 0 Å². The summed E-state index contributed by atoms with van der Waals surface area (Å²) in [5, 5.41) is 9.95. The summed E-state index contributed by atoms with van der Waals surface area (Å²) in [5.41, 5.74) is -0.569. The molecule has 1 N–H and O–H groups in total. The van der Waals surface area contributed by atoms with E-state index in [0.717, 1.165) is 18.9 Å². The fourth-order valence-corrected chi connectivity index (χ4v) is 3.37. The van der Waals surface area contributed by atoms with Crippen LogP contribution in [0.25, 0.3) is 0 Å². The second kappa shape index (κ2) is 6.37. The molecule has 0 spiro atoms. The van der Waals surface area contributed by atoms with Crippen LogP contribution in [0, 0.1) is 0 Å². The Morgan fingerprint density at radius 3 is 2.62 bits per heavy atom. The van der Waals surface area contributed by atoms with Crippen LogP contribution in [-0.2, 0) is 11.0 Å². The predicted octanol–water partition coefficient (Wildman–Crippen LogP) is 2.43. The molecule has 1 saturated carbocycles. The number of hydrogen-bond acceptors (Lipinski definition) is 3. The second-order valence-electron chi connectivity index (χ2n) is 6.66.